The van der Waals surface area contributed by atoms with Gasteiger partial charge in [0.05, 0.1) is 20.0 Å². The van der Waals surface area contributed by atoms with E-state index in [1.807, 2.05) is 78.9 Å². The molecule has 0 saturated carbocycles. The second kappa shape index (κ2) is 12.0. The van der Waals surface area contributed by atoms with Crippen molar-refractivity contribution in [2.75, 3.05) is 26.5 Å². The fraction of sp³-hybridized carbons (Fsp3) is 0.185. The van der Waals surface area contributed by atoms with Crippen molar-refractivity contribution in [3.8, 4) is 34.0 Å². The van der Waals surface area contributed by atoms with Crippen LogP contribution in [0.1, 0.15) is 5.56 Å². The zero-order valence-electron chi connectivity index (χ0n) is 19.6. The molecular weight excluding hydrogens is 460 g/mol. The first-order valence-electron chi connectivity index (χ1n) is 11.1. The Morgan fingerprint density at radius 3 is 2.14 bits per heavy atom. The summed E-state index contributed by atoms with van der Waals surface area (Å²) in [5.41, 5.74) is 4.38. The fourth-order valence-electron chi connectivity index (χ4n) is 3.52. The highest BCUT2D eigenvalue weighted by Crippen LogP contribution is 2.30. The van der Waals surface area contributed by atoms with Crippen molar-refractivity contribution in [3.63, 3.8) is 0 Å². The summed E-state index contributed by atoms with van der Waals surface area (Å²) < 4.78 is 10.6. The lowest BCUT2D eigenvalue weighted by atomic mass is 10.0. The van der Waals surface area contributed by atoms with Crippen LogP contribution in [0.25, 0.3) is 22.5 Å². The molecule has 1 N–H and O–H groups in total. The van der Waals surface area contributed by atoms with Crippen LogP contribution >= 0.6 is 11.8 Å². The van der Waals surface area contributed by atoms with Gasteiger partial charge in [-0.05, 0) is 24.1 Å². The largest absolute Gasteiger partial charge is 0.493 e. The lowest BCUT2D eigenvalue weighted by Crippen LogP contribution is -2.27. The third-order valence-corrected chi connectivity index (χ3v) is 6.12. The molecule has 7 nitrogen and oxygen atoms in total. The maximum absolute atomic E-state index is 12.4. The number of hydrogen-bond acceptors (Lipinski definition) is 7. The Balaban J connectivity index is 1.38. The number of nitrogens with one attached hydrogen (secondary N) is 1. The Morgan fingerprint density at radius 2 is 1.49 bits per heavy atom. The van der Waals surface area contributed by atoms with Crippen molar-refractivity contribution in [1.29, 1.82) is 0 Å². The predicted molar refractivity (Wildman–Crippen MR) is 138 cm³/mol. The van der Waals surface area contributed by atoms with Gasteiger partial charge in [-0.1, -0.05) is 78.5 Å². The first-order valence-corrected chi connectivity index (χ1v) is 12.1. The lowest BCUT2D eigenvalue weighted by Gasteiger charge is -2.10. The van der Waals surface area contributed by atoms with Crippen LogP contribution in [0.5, 0.6) is 11.5 Å². The number of nitrogens with zero attached hydrogens (tertiary/aromatic N) is 3. The van der Waals surface area contributed by atoms with Gasteiger partial charge in [0, 0.05) is 17.7 Å². The van der Waals surface area contributed by atoms with Crippen molar-refractivity contribution in [2.45, 2.75) is 11.6 Å². The zero-order chi connectivity index (χ0) is 24.5. The van der Waals surface area contributed by atoms with Crippen LogP contribution in [-0.4, -0.2) is 47.6 Å². The molecule has 0 aliphatic heterocycles. The van der Waals surface area contributed by atoms with E-state index in [1.165, 1.54) is 11.8 Å². The SMILES string of the molecule is COc1ccc(CCNC(=O)CSc2nnc(-c3ccccc3)c(-c3ccccc3)n2)cc1OC. The predicted octanol–water partition coefficient (Wildman–Crippen LogP) is 4.67. The van der Waals surface area contributed by atoms with Crippen molar-refractivity contribution >= 4 is 17.7 Å². The zero-order valence-corrected chi connectivity index (χ0v) is 20.4. The van der Waals surface area contributed by atoms with E-state index in [0.29, 0.717) is 35.3 Å². The van der Waals surface area contributed by atoms with E-state index in [-0.39, 0.29) is 11.7 Å². The highest BCUT2D eigenvalue weighted by molar-refractivity contribution is 7.99. The van der Waals surface area contributed by atoms with Crippen LogP contribution in [0.15, 0.2) is 84.0 Å². The maximum atomic E-state index is 12.4. The third-order valence-electron chi connectivity index (χ3n) is 5.28. The summed E-state index contributed by atoms with van der Waals surface area (Å²) in [4.78, 5) is 17.2. The molecule has 4 aromatic rings. The number of amides is 1. The molecule has 0 spiro atoms. The smallest absolute Gasteiger partial charge is 0.230 e. The average molecular weight is 487 g/mol. The molecular formula is C27H26N4O3S. The minimum atomic E-state index is -0.0903. The number of rotatable bonds is 10. The lowest BCUT2D eigenvalue weighted by molar-refractivity contribution is -0.118. The van der Waals surface area contributed by atoms with E-state index in [1.54, 1.807) is 14.2 Å². The van der Waals surface area contributed by atoms with E-state index < -0.39 is 0 Å². The van der Waals surface area contributed by atoms with Crippen LogP contribution in [0.2, 0.25) is 0 Å². The van der Waals surface area contributed by atoms with Crippen molar-refractivity contribution in [2.24, 2.45) is 0 Å². The van der Waals surface area contributed by atoms with Gasteiger partial charge in [-0.15, -0.1) is 10.2 Å². The maximum Gasteiger partial charge on any atom is 0.230 e. The van der Waals surface area contributed by atoms with E-state index in [4.69, 9.17) is 14.5 Å². The monoisotopic (exact) mass is 486 g/mol. The summed E-state index contributed by atoms with van der Waals surface area (Å²) in [5, 5.41) is 12.1. The molecule has 0 radical (unpaired) electrons. The van der Waals surface area contributed by atoms with E-state index in [0.717, 1.165) is 22.4 Å². The fourth-order valence-corrected chi connectivity index (χ4v) is 4.14. The molecule has 0 aliphatic carbocycles. The van der Waals surface area contributed by atoms with Gasteiger partial charge in [0.25, 0.3) is 0 Å². The summed E-state index contributed by atoms with van der Waals surface area (Å²) in [6.07, 6.45) is 0.679. The quantitative estimate of drug-likeness (QED) is 0.326. The van der Waals surface area contributed by atoms with Crippen LogP contribution < -0.4 is 14.8 Å². The van der Waals surface area contributed by atoms with Gasteiger partial charge in [0.1, 0.15) is 11.4 Å². The minimum Gasteiger partial charge on any atom is -0.493 e. The molecule has 3 aromatic carbocycles. The Morgan fingerprint density at radius 1 is 0.829 bits per heavy atom. The minimum absolute atomic E-state index is 0.0903. The summed E-state index contributed by atoms with van der Waals surface area (Å²) in [7, 11) is 3.21. The second-order valence-electron chi connectivity index (χ2n) is 7.60. The van der Waals surface area contributed by atoms with Crippen LogP contribution in [0.4, 0.5) is 0 Å². The Kier molecular flexibility index (Phi) is 8.30. The molecule has 4 rings (SSSR count). The number of carbonyl (C=O) groups is 1. The third kappa shape index (κ3) is 6.36. The summed E-state index contributed by atoms with van der Waals surface area (Å²) in [6, 6.07) is 25.4. The van der Waals surface area contributed by atoms with Gasteiger partial charge in [-0.3, -0.25) is 4.79 Å². The Labute approximate surface area is 208 Å². The molecule has 1 aromatic heterocycles. The van der Waals surface area contributed by atoms with E-state index in [2.05, 4.69) is 15.5 Å². The van der Waals surface area contributed by atoms with Crippen LogP contribution in [0, 0.1) is 0 Å². The summed E-state index contributed by atoms with van der Waals surface area (Å²) in [6.45, 7) is 0.510. The molecule has 0 atom stereocenters. The molecule has 35 heavy (non-hydrogen) atoms. The number of benzene rings is 3. The Bertz CT molecular complexity index is 1270. The van der Waals surface area contributed by atoms with E-state index >= 15 is 0 Å². The van der Waals surface area contributed by atoms with Crippen molar-refractivity contribution in [3.05, 3.63) is 84.4 Å². The van der Waals surface area contributed by atoms with Crippen molar-refractivity contribution < 1.29 is 14.3 Å². The number of methoxy groups -OCH3 is 2. The van der Waals surface area contributed by atoms with Gasteiger partial charge in [0.2, 0.25) is 11.1 Å². The van der Waals surface area contributed by atoms with Crippen molar-refractivity contribution in [1.82, 2.24) is 20.5 Å². The second-order valence-corrected chi connectivity index (χ2v) is 8.54. The first kappa shape index (κ1) is 24.2. The van der Waals surface area contributed by atoms with Crippen LogP contribution in [0.3, 0.4) is 0 Å². The summed E-state index contributed by atoms with van der Waals surface area (Å²) >= 11 is 1.27. The van der Waals surface area contributed by atoms with Gasteiger partial charge >= 0.3 is 0 Å². The van der Waals surface area contributed by atoms with E-state index in [9.17, 15) is 4.79 Å². The molecule has 0 saturated heterocycles. The normalized spacial score (nSPS) is 10.6. The number of hydrogen-bond donors (Lipinski definition) is 1. The van der Waals surface area contributed by atoms with Gasteiger partial charge < -0.3 is 14.8 Å². The number of carbonyl (C=O) groups excluding carboxylic acids is 1. The van der Waals surface area contributed by atoms with Crippen LogP contribution in [-0.2, 0) is 11.2 Å². The number of ether oxygens (including phenoxy) is 2. The average Bonchev–Trinajstić information content (AvgIpc) is 2.92. The molecule has 0 bridgehead atoms. The highest BCUT2D eigenvalue weighted by Gasteiger charge is 2.14. The highest BCUT2D eigenvalue weighted by atomic mass is 32.2. The van der Waals surface area contributed by atoms with Gasteiger partial charge in [-0.25, -0.2) is 4.98 Å². The summed E-state index contributed by atoms with van der Waals surface area (Å²) in [5.74, 6) is 1.46. The molecule has 0 aliphatic rings. The standard InChI is InChI=1S/C27H26N4O3S/c1-33-22-14-13-19(17-23(22)34-2)15-16-28-24(32)18-35-27-29-25(20-9-5-3-6-10-20)26(30-31-27)21-11-7-4-8-12-21/h3-14,17H,15-16,18H2,1-2H3,(H,28,32). The molecule has 1 amide bonds. The molecule has 1 heterocycles. The topological polar surface area (TPSA) is 86.2 Å². The number of aromatic nitrogens is 3. The Hall–Kier alpha value is -3.91. The molecule has 178 valence electrons. The molecule has 0 unspecified atom stereocenters. The van der Waals surface area contributed by atoms with Gasteiger partial charge in [-0.2, -0.15) is 0 Å². The van der Waals surface area contributed by atoms with Gasteiger partial charge in [0.15, 0.2) is 11.5 Å². The molecule has 0 fully saturated rings. The number of thioether (sulfide) groups is 1. The molecule has 8 heteroatoms. The first-order chi connectivity index (χ1) is 17.2.